The Labute approximate surface area is 174 Å². The number of aryl methyl sites for hydroxylation is 1. The Morgan fingerprint density at radius 3 is 1.86 bits per heavy atom. The molecule has 28 heavy (non-hydrogen) atoms. The molecule has 0 N–H and O–H groups in total. The van der Waals surface area contributed by atoms with Crippen molar-refractivity contribution in [3.8, 4) is 0 Å². The normalized spacial score (nSPS) is 15.8. The van der Waals surface area contributed by atoms with Crippen LogP contribution in [0.3, 0.4) is 0 Å². The molecule has 0 aliphatic carbocycles. The summed E-state index contributed by atoms with van der Waals surface area (Å²) in [5.74, 6) is 0.186. The average molecular weight is 399 g/mol. The van der Waals surface area contributed by atoms with Gasteiger partial charge >= 0.3 is 0 Å². The smallest absolute Gasteiger partial charge is 0.264 e. The van der Waals surface area contributed by atoms with Crippen LogP contribution in [0.5, 0.6) is 0 Å². The molecule has 4 heteroatoms. The van der Waals surface area contributed by atoms with Crippen molar-refractivity contribution in [1.29, 1.82) is 0 Å². The van der Waals surface area contributed by atoms with Crippen molar-refractivity contribution in [1.82, 2.24) is 4.90 Å². The predicted molar refractivity (Wildman–Crippen MR) is 121 cm³/mol. The van der Waals surface area contributed by atoms with Gasteiger partial charge in [-0.25, -0.2) is 0 Å². The standard InChI is InChI=1S/C24H34N2OS/c1-17-8-13-28-21(17)22(27)26-11-9-25(10-12-26)20-15-18(23(2,3)4)14-19(16-20)24(5,6)7/h8,13-16H,9-12H2,1-7H3. The molecule has 1 aliphatic heterocycles. The Morgan fingerprint density at radius 2 is 1.43 bits per heavy atom. The van der Waals surface area contributed by atoms with Gasteiger partial charge in [0.05, 0.1) is 4.88 Å². The molecule has 1 aromatic carbocycles. The Balaban J connectivity index is 1.80. The summed E-state index contributed by atoms with van der Waals surface area (Å²) in [6.45, 7) is 19.0. The van der Waals surface area contributed by atoms with Crippen LogP contribution >= 0.6 is 11.3 Å². The lowest BCUT2D eigenvalue weighted by molar-refractivity contribution is 0.0751. The van der Waals surface area contributed by atoms with Crippen molar-refractivity contribution in [2.45, 2.75) is 59.3 Å². The van der Waals surface area contributed by atoms with Gasteiger partial charge in [-0.15, -0.1) is 11.3 Å². The molecule has 0 atom stereocenters. The zero-order valence-corrected chi connectivity index (χ0v) is 19.2. The molecule has 2 aromatic rings. The summed E-state index contributed by atoms with van der Waals surface area (Å²) in [6, 6.07) is 9.08. The minimum atomic E-state index is 0.116. The van der Waals surface area contributed by atoms with Gasteiger partial charge < -0.3 is 9.80 Å². The first kappa shape index (κ1) is 20.9. The molecular formula is C24H34N2OS. The van der Waals surface area contributed by atoms with Crippen LogP contribution in [0.2, 0.25) is 0 Å². The second kappa shape index (κ2) is 7.55. The number of carbonyl (C=O) groups is 1. The van der Waals surface area contributed by atoms with Crippen molar-refractivity contribution in [3.05, 3.63) is 51.2 Å². The fourth-order valence-electron chi connectivity index (χ4n) is 3.56. The number of hydrogen-bond donors (Lipinski definition) is 0. The summed E-state index contributed by atoms with van der Waals surface area (Å²) in [4.78, 5) is 18.1. The monoisotopic (exact) mass is 398 g/mol. The van der Waals surface area contributed by atoms with Crippen LogP contribution in [-0.4, -0.2) is 37.0 Å². The maximum Gasteiger partial charge on any atom is 0.264 e. The number of rotatable bonds is 2. The van der Waals surface area contributed by atoms with Crippen LogP contribution in [0.25, 0.3) is 0 Å². The highest BCUT2D eigenvalue weighted by atomic mass is 32.1. The quantitative estimate of drug-likeness (QED) is 0.656. The van der Waals surface area contributed by atoms with Crippen LogP contribution < -0.4 is 4.90 Å². The van der Waals surface area contributed by atoms with Crippen LogP contribution in [-0.2, 0) is 10.8 Å². The van der Waals surface area contributed by atoms with E-state index < -0.39 is 0 Å². The second-order valence-corrected chi connectivity index (χ2v) is 10.9. The van der Waals surface area contributed by atoms with Gasteiger partial charge in [0.25, 0.3) is 5.91 Å². The minimum absolute atomic E-state index is 0.116. The van der Waals surface area contributed by atoms with E-state index in [1.54, 1.807) is 11.3 Å². The molecule has 152 valence electrons. The zero-order chi connectivity index (χ0) is 20.7. The van der Waals surface area contributed by atoms with Crippen LogP contribution in [0.4, 0.5) is 5.69 Å². The molecule has 1 fully saturated rings. The van der Waals surface area contributed by atoms with Crippen molar-refractivity contribution < 1.29 is 4.79 Å². The fraction of sp³-hybridized carbons (Fsp3) is 0.542. The third kappa shape index (κ3) is 4.43. The minimum Gasteiger partial charge on any atom is -0.368 e. The molecule has 2 heterocycles. The highest BCUT2D eigenvalue weighted by Gasteiger charge is 2.26. The van der Waals surface area contributed by atoms with E-state index in [2.05, 4.69) is 64.6 Å². The van der Waals surface area contributed by atoms with Crippen LogP contribution in [0.1, 0.15) is 67.9 Å². The maximum absolute atomic E-state index is 12.8. The van der Waals surface area contributed by atoms with Gasteiger partial charge in [0, 0.05) is 31.9 Å². The lowest BCUT2D eigenvalue weighted by Crippen LogP contribution is -2.48. The number of carbonyl (C=O) groups excluding carboxylic acids is 1. The molecule has 1 aliphatic rings. The predicted octanol–water partition coefficient (Wildman–Crippen LogP) is 5.61. The van der Waals surface area contributed by atoms with Crippen molar-refractivity contribution in [2.75, 3.05) is 31.1 Å². The van der Waals surface area contributed by atoms with Gasteiger partial charge in [-0.1, -0.05) is 47.6 Å². The Morgan fingerprint density at radius 1 is 0.893 bits per heavy atom. The first-order valence-electron chi connectivity index (χ1n) is 10.2. The summed E-state index contributed by atoms with van der Waals surface area (Å²) < 4.78 is 0. The Bertz CT molecular complexity index is 814. The maximum atomic E-state index is 12.8. The van der Waals surface area contributed by atoms with Gasteiger partial charge in [-0.3, -0.25) is 4.79 Å². The SMILES string of the molecule is Cc1ccsc1C(=O)N1CCN(c2cc(C(C)(C)C)cc(C(C)(C)C)c2)CC1. The molecule has 0 unspecified atom stereocenters. The van der Waals surface area contributed by atoms with Gasteiger partial charge in [-0.2, -0.15) is 0 Å². The molecule has 1 saturated heterocycles. The third-order valence-corrected chi connectivity index (χ3v) is 6.64. The first-order valence-corrected chi connectivity index (χ1v) is 11.1. The Kier molecular flexibility index (Phi) is 5.64. The lowest BCUT2D eigenvalue weighted by Gasteiger charge is -2.37. The van der Waals surface area contributed by atoms with E-state index in [0.29, 0.717) is 0 Å². The summed E-state index contributed by atoms with van der Waals surface area (Å²) in [5, 5.41) is 2.00. The fourth-order valence-corrected chi connectivity index (χ4v) is 4.46. The topological polar surface area (TPSA) is 23.6 Å². The average Bonchev–Trinajstić information content (AvgIpc) is 3.05. The van der Waals surface area contributed by atoms with E-state index in [-0.39, 0.29) is 16.7 Å². The first-order chi connectivity index (χ1) is 13.0. The summed E-state index contributed by atoms with van der Waals surface area (Å²) >= 11 is 1.55. The number of anilines is 1. The lowest BCUT2D eigenvalue weighted by atomic mass is 9.80. The molecule has 1 aromatic heterocycles. The van der Waals surface area contributed by atoms with Crippen LogP contribution in [0.15, 0.2) is 29.6 Å². The van der Waals surface area contributed by atoms with Crippen molar-refractivity contribution in [3.63, 3.8) is 0 Å². The molecule has 0 radical (unpaired) electrons. The third-order valence-electron chi connectivity index (χ3n) is 5.64. The van der Waals surface area contributed by atoms with Gasteiger partial charge in [-0.05, 0) is 58.0 Å². The van der Waals surface area contributed by atoms with E-state index in [4.69, 9.17) is 0 Å². The van der Waals surface area contributed by atoms with E-state index in [1.165, 1.54) is 16.8 Å². The highest BCUT2D eigenvalue weighted by molar-refractivity contribution is 7.12. The van der Waals surface area contributed by atoms with E-state index >= 15 is 0 Å². The number of amides is 1. The molecule has 0 saturated carbocycles. The molecule has 3 nitrogen and oxygen atoms in total. The largest absolute Gasteiger partial charge is 0.368 e. The second-order valence-electron chi connectivity index (χ2n) is 9.98. The highest BCUT2D eigenvalue weighted by Crippen LogP contribution is 2.33. The summed E-state index contributed by atoms with van der Waals surface area (Å²) in [5.41, 5.74) is 5.36. The molecule has 1 amide bonds. The van der Waals surface area contributed by atoms with Gasteiger partial charge in [0.1, 0.15) is 0 Å². The number of nitrogens with zero attached hydrogens (tertiary/aromatic N) is 2. The summed E-state index contributed by atoms with van der Waals surface area (Å²) in [7, 11) is 0. The number of hydrogen-bond acceptors (Lipinski definition) is 3. The molecule has 3 rings (SSSR count). The van der Waals surface area contributed by atoms with E-state index in [1.807, 2.05) is 23.3 Å². The molecular weight excluding hydrogens is 364 g/mol. The van der Waals surface area contributed by atoms with Crippen LogP contribution in [0, 0.1) is 6.92 Å². The molecule has 0 spiro atoms. The number of thiophene rings is 1. The van der Waals surface area contributed by atoms with Crippen molar-refractivity contribution >= 4 is 22.9 Å². The summed E-state index contributed by atoms with van der Waals surface area (Å²) in [6.07, 6.45) is 0. The van der Waals surface area contributed by atoms with Crippen molar-refractivity contribution in [2.24, 2.45) is 0 Å². The van der Waals surface area contributed by atoms with E-state index in [0.717, 1.165) is 36.6 Å². The number of piperazine rings is 1. The van der Waals surface area contributed by atoms with Gasteiger partial charge in [0.2, 0.25) is 0 Å². The zero-order valence-electron chi connectivity index (χ0n) is 18.4. The number of benzene rings is 1. The van der Waals surface area contributed by atoms with E-state index in [9.17, 15) is 4.79 Å². The Hall–Kier alpha value is -1.81. The van der Waals surface area contributed by atoms with Gasteiger partial charge in [0.15, 0.2) is 0 Å². The molecule has 0 bridgehead atoms.